The molecule has 0 aliphatic carbocycles. The van der Waals surface area contributed by atoms with Gasteiger partial charge in [-0.3, -0.25) is 4.79 Å². The highest BCUT2D eigenvalue weighted by Crippen LogP contribution is 2.33. The molecule has 0 aliphatic heterocycles. The number of carbonyl (C=O) groups excluding carboxylic acids is 1. The molecule has 2 nitrogen and oxygen atoms in total. The summed E-state index contributed by atoms with van der Waals surface area (Å²) >= 11 is 0. The first kappa shape index (κ1) is 24.9. The smallest absolute Gasteiger partial charge is 0.165 e. The van der Waals surface area contributed by atoms with Crippen molar-refractivity contribution in [1.29, 1.82) is 0 Å². The molecule has 0 unspecified atom stereocenters. The van der Waals surface area contributed by atoms with Crippen molar-refractivity contribution in [3.63, 3.8) is 0 Å². The molecule has 3 rings (SSSR count). The van der Waals surface area contributed by atoms with Crippen molar-refractivity contribution in [2.24, 2.45) is 0 Å². The minimum atomic E-state index is -0.867. The molecule has 0 N–H and O–H groups in total. The van der Waals surface area contributed by atoms with Crippen LogP contribution in [0.4, 0.5) is 8.78 Å². The lowest BCUT2D eigenvalue weighted by Gasteiger charge is -2.17. The SMILES string of the molecule is CCCCc1c(C(=O)CCc2ccc(F)c(F)c2)c(C(C)C)n(Cc2ccccc2)c1CC. The normalized spacial score (nSPS) is 11.4. The molecule has 0 bridgehead atoms. The third-order valence-corrected chi connectivity index (χ3v) is 6.27. The second-order valence-electron chi connectivity index (χ2n) is 9.04. The third kappa shape index (κ3) is 5.79. The standard InChI is InChI=1S/C29H35F2NO/c1-5-7-13-23-26(6-2)32(19-22-11-9-8-10-12-22)29(20(3)4)28(23)27(33)17-15-21-14-16-24(30)25(31)18-21/h8-12,14,16,18,20H,5-7,13,15,17,19H2,1-4H3. The van der Waals surface area contributed by atoms with E-state index >= 15 is 0 Å². The van der Waals surface area contributed by atoms with Gasteiger partial charge in [0.15, 0.2) is 17.4 Å². The first-order valence-electron chi connectivity index (χ1n) is 12.1. The Labute approximate surface area is 196 Å². The Morgan fingerprint density at radius 1 is 0.939 bits per heavy atom. The number of rotatable bonds is 11. The quantitative estimate of drug-likeness (QED) is 0.274. The van der Waals surface area contributed by atoms with Crippen LogP contribution in [0.15, 0.2) is 48.5 Å². The summed E-state index contributed by atoms with van der Waals surface area (Å²) in [6, 6.07) is 14.2. The van der Waals surface area contributed by atoms with Gasteiger partial charge < -0.3 is 4.57 Å². The van der Waals surface area contributed by atoms with Gasteiger partial charge in [-0.05, 0) is 60.4 Å². The fourth-order valence-electron chi connectivity index (χ4n) is 4.71. The molecule has 3 aromatic rings. The third-order valence-electron chi connectivity index (χ3n) is 6.27. The zero-order valence-corrected chi connectivity index (χ0v) is 20.3. The first-order chi connectivity index (χ1) is 15.9. The number of benzene rings is 2. The zero-order valence-electron chi connectivity index (χ0n) is 20.3. The van der Waals surface area contributed by atoms with Gasteiger partial charge in [0.25, 0.3) is 0 Å². The van der Waals surface area contributed by atoms with E-state index in [-0.39, 0.29) is 18.1 Å². The van der Waals surface area contributed by atoms with E-state index in [2.05, 4.69) is 44.4 Å². The molecule has 0 atom stereocenters. The second-order valence-corrected chi connectivity index (χ2v) is 9.04. The number of halogens is 2. The lowest BCUT2D eigenvalue weighted by atomic mass is 9.92. The molecule has 1 aromatic heterocycles. The Morgan fingerprint density at radius 2 is 1.67 bits per heavy atom. The van der Waals surface area contributed by atoms with Crippen LogP contribution in [0, 0.1) is 11.6 Å². The van der Waals surface area contributed by atoms with E-state index in [1.807, 2.05) is 18.2 Å². The van der Waals surface area contributed by atoms with Crippen LogP contribution in [0.3, 0.4) is 0 Å². The van der Waals surface area contributed by atoms with Gasteiger partial charge >= 0.3 is 0 Å². The predicted octanol–water partition coefficient (Wildman–Crippen LogP) is 7.66. The summed E-state index contributed by atoms with van der Waals surface area (Å²) in [5, 5.41) is 0. The van der Waals surface area contributed by atoms with Crippen molar-refractivity contribution in [2.75, 3.05) is 0 Å². The van der Waals surface area contributed by atoms with E-state index in [0.717, 1.165) is 49.6 Å². The molecule has 0 fully saturated rings. The zero-order chi connectivity index (χ0) is 24.0. The van der Waals surface area contributed by atoms with E-state index in [1.165, 1.54) is 22.9 Å². The minimum Gasteiger partial charge on any atom is -0.343 e. The number of nitrogens with zero attached hydrogens (tertiary/aromatic N) is 1. The Morgan fingerprint density at radius 3 is 2.27 bits per heavy atom. The summed E-state index contributed by atoms with van der Waals surface area (Å²) in [5.41, 5.74) is 6.22. The Kier molecular flexibility index (Phi) is 8.60. The summed E-state index contributed by atoms with van der Waals surface area (Å²) < 4.78 is 29.3. The molecule has 33 heavy (non-hydrogen) atoms. The van der Waals surface area contributed by atoms with Crippen molar-refractivity contribution < 1.29 is 13.6 Å². The van der Waals surface area contributed by atoms with Crippen LogP contribution < -0.4 is 0 Å². The monoisotopic (exact) mass is 451 g/mol. The maximum absolute atomic E-state index is 13.6. The number of carbonyl (C=O) groups is 1. The molecule has 1 heterocycles. The molecular weight excluding hydrogens is 416 g/mol. The summed E-state index contributed by atoms with van der Waals surface area (Å²) in [5.74, 6) is -1.44. The maximum atomic E-state index is 13.6. The van der Waals surface area contributed by atoms with E-state index < -0.39 is 11.6 Å². The fourth-order valence-corrected chi connectivity index (χ4v) is 4.71. The average Bonchev–Trinajstić information content (AvgIpc) is 3.12. The minimum absolute atomic E-state index is 0.0936. The summed E-state index contributed by atoms with van der Waals surface area (Å²) in [6.45, 7) is 9.36. The maximum Gasteiger partial charge on any atom is 0.165 e. The highest BCUT2D eigenvalue weighted by atomic mass is 19.2. The van der Waals surface area contributed by atoms with E-state index in [4.69, 9.17) is 0 Å². The van der Waals surface area contributed by atoms with Gasteiger partial charge in [-0.25, -0.2) is 8.78 Å². The molecule has 0 radical (unpaired) electrons. The molecule has 0 saturated carbocycles. The molecule has 2 aromatic carbocycles. The number of hydrogen-bond acceptors (Lipinski definition) is 1. The van der Waals surface area contributed by atoms with Gasteiger partial charge in [0, 0.05) is 29.9 Å². The molecule has 4 heteroatoms. The predicted molar refractivity (Wildman–Crippen MR) is 131 cm³/mol. The largest absolute Gasteiger partial charge is 0.343 e. The Balaban J connectivity index is 2.02. The Hall–Kier alpha value is -2.75. The number of aryl methyl sites for hydroxylation is 1. The average molecular weight is 452 g/mol. The number of unbranched alkanes of at least 4 members (excludes halogenated alkanes) is 1. The topological polar surface area (TPSA) is 22.0 Å². The van der Waals surface area contributed by atoms with E-state index in [0.29, 0.717) is 12.0 Å². The molecule has 176 valence electrons. The number of ketones is 1. The highest BCUT2D eigenvalue weighted by Gasteiger charge is 2.27. The number of hydrogen-bond donors (Lipinski definition) is 0. The van der Waals surface area contributed by atoms with Gasteiger partial charge in [-0.1, -0.05) is 70.5 Å². The van der Waals surface area contributed by atoms with Gasteiger partial charge in [0.2, 0.25) is 0 Å². The van der Waals surface area contributed by atoms with Crippen molar-refractivity contribution in [2.45, 2.75) is 78.7 Å². The van der Waals surface area contributed by atoms with Crippen LogP contribution in [0.1, 0.15) is 91.3 Å². The van der Waals surface area contributed by atoms with Crippen molar-refractivity contribution in [1.82, 2.24) is 4.57 Å². The van der Waals surface area contributed by atoms with E-state index in [9.17, 15) is 13.6 Å². The summed E-state index contributed by atoms with van der Waals surface area (Å²) in [7, 11) is 0. The molecular formula is C29H35F2NO. The molecule has 0 aliphatic rings. The van der Waals surface area contributed by atoms with Crippen LogP contribution in [-0.2, 0) is 25.8 Å². The highest BCUT2D eigenvalue weighted by molar-refractivity contribution is 5.99. The lowest BCUT2D eigenvalue weighted by molar-refractivity contribution is 0.0980. The van der Waals surface area contributed by atoms with Gasteiger partial charge in [0.1, 0.15) is 0 Å². The van der Waals surface area contributed by atoms with Gasteiger partial charge in [-0.2, -0.15) is 0 Å². The van der Waals surface area contributed by atoms with E-state index in [1.54, 1.807) is 6.07 Å². The van der Waals surface area contributed by atoms with Crippen LogP contribution >= 0.6 is 0 Å². The van der Waals surface area contributed by atoms with Gasteiger partial charge in [-0.15, -0.1) is 0 Å². The number of aromatic nitrogens is 1. The molecule has 0 saturated heterocycles. The summed E-state index contributed by atoms with van der Waals surface area (Å²) in [4.78, 5) is 13.6. The van der Waals surface area contributed by atoms with Gasteiger partial charge in [0.05, 0.1) is 0 Å². The first-order valence-corrected chi connectivity index (χ1v) is 12.1. The number of Topliss-reactive ketones (excluding diaryl/α,β-unsaturated/α-hetero) is 1. The van der Waals surface area contributed by atoms with Crippen molar-refractivity contribution >= 4 is 5.78 Å². The van der Waals surface area contributed by atoms with Crippen LogP contribution in [0.25, 0.3) is 0 Å². The van der Waals surface area contributed by atoms with Crippen LogP contribution in [-0.4, -0.2) is 10.4 Å². The fraction of sp³-hybridized carbons (Fsp3) is 0.414. The lowest BCUT2D eigenvalue weighted by Crippen LogP contribution is -2.12. The van der Waals surface area contributed by atoms with Crippen molar-refractivity contribution in [3.05, 3.63) is 93.8 Å². The van der Waals surface area contributed by atoms with Crippen LogP contribution in [0.5, 0.6) is 0 Å². The van der Waals surface area contributed by atoms with Crippen molar-refractivity contribution in [3.8, 4) is 0 Å². The molecule has 0 amide bonds. The van der Waals surface area contributed by atoms with Crippen LogP contribution in [0.2, 0.25) is 0 Å². The second kappa shape index (κ2) is 11.4. The Bertz CT molecular complexity index is 1080. The summed E-state index contributed by atoms with van der Waals surface area (Å²) in [6.07, 6.45) is 4.51. The molecule has 0 spiro atoms.